The molecule has 1 aromatic rings. The number of carbonyl (C=O) groups excluding carboxylic acids is 2. The lowest BCUT2D eigenvalue weighted by atomic mass is 10.1. The van der Waals surface area contributed by atoms with Crippen LogP contribution in [0.15, 0.2) is 24.3 Å². The Balaban J connectivity index is 2.61. The monoisotopic (exact) mass is 327 g/mol. The first kappa shape index (κ1) is 18.2. The standard InChI is InChI=1S/C15H21NO5S/c1-4-16(5-2)14(17)10-21-15(18)13-8-6-12(7-9-13)11-22(3,19)20/h6-9H,4-5,10-11H2,1-3H3. The minimum absolute atomic E-state index is 0.0806. The van der Waals surface area contributed by atoms with Gasteiger partial charge in [0, 0.05) is 19.3 Å². The zero-order valence-corrected chi connectivity index (χ0v) is 13.9. The largest absolute Gasteiger partial charge is 0.452 e. The first-order valence-corrected chi connectivity index (χ1v) is 9.04. The van der Waals surface area contributed by atoms with Crippen LogP contribution in [-0.4, -0.2) is 51.1 Å². The number of hydrogen-bond donors (Lipinski definition) is 0. The highest BCUT2D eigenvalue weighted by atomic mass is 32.2. The van der Waals surface area contributed by atoms with Crippen LogP contribution >= 0.6 is 0 Å². The molecule has 0 fully saturated rings. The maximum absolute atomic E-state index is 11.8. The van der Waals surface area contributed by atoms with Crippen molar-refractivity contribution in [3.8, 4) is 0 Å². The summed E-state index contributed by atoms with van der Waals surface area (Å²) < 4.78 is 27.3. The van der Waals surface area contributed by atoms with Crippen molar-refractivity contribution >= 4 is 21.7 Å². The second-order valence-electron chi connectivity index (χ2n) is 4.91. The van der Waals surface area contributed by atoms with Crippen molar-refractivity contribution in [3.63, 3.8) is 0 Å². The van der Waals surface area contributed by atoms with E-state index in [9.17, 15) is 18.0 Å². The molecule has 1 amide bonds. The van der Waals surface area contributed by atoms with E-state index in [4.69, 9.17) is 4.74 Å². The summed E-state index contributed by atoms with van der Waals surface area (Å²) in [6, 6.07) is 6.10. The highest BCUT2D eigenvalue weighted by molar-refractivity contribution is 7.89. The maximum Gasteiger partial charge on any atom is 0.338 e. The van der Waals surface area contributed by atoms with Crippen LogP contribution in [0.1, 0.15) is 29.8 Å². The number of esters is 1. The number of hydrogen-bond acceptors (Lipinski definition) is 5. The Hall–Kier alpha value is -1.89. The molecule has 0 saturated heterocycles. The van der Waals surface area contributed by atoms with Crippen molar-refractivity contribution in [2.24, 2.45) is 0 Å². The second-order valence-corrected chi connectivity index (χ2v) is 7.05. The number of carbonyl (C=O) groups is 2. The van der Waals surface area contributed by atoms with E-state index in [0.29, 0.717) is 18.7 Å². The van der Waals surface area contributed by atoms with Gasteiger partial charge in [-0.2, -0.15) is 0 Å². The number of amides is 1. The molecule has 6 nitrogen and oxygen atoms in total. The number of sulfone groups is 1. The molecule has 7 heteroatoms. The van der Waals surface area contributed by atoms with Gasteiger partial charge in [-0.15, -0.1) is 0 Å². The fourth-order valence-electron chi connectivity index (χ4n) is 1.92. The van der Waals surface area contributed by atoms with Gasteiger partial charge in [0.15, 0.2) is 16.4 Å². The van der Waals surface area contributed by atoms with Crippen molar-refractivity contribution < 1.29 is 22.7 Å². The van der Waals surface area contributed by atoms with Gasteiger partial charge in [-0.1, -0.05) is 12.1 Å². The van der Waals surface area contributed by atoms with Crippen LogP contribution < -0.4 is 0 Å². The molecule has 0 radical (unpaired) electrons. The molecule has 0 bridgehead atoms. The molecule has 0 N–H and O–H groups in total. The summed E-state index contributed by atoms with van der Waals surface area (Å²) in [5, 5.41) is 0. The van der Waals surface area contributed by atoms with Gasteiger partial charge < -0.3 is 9.64 Å². The van der Waals surface area contributed by atoms with Crippen molar-refractivity contribution in [2.75, 3.05) is 26.0 Å². The van der Waals surface area contributed by atoms with Gasteiger partial charge in [0.25, 0.3) is 5.91 Å². The van der Waals surface area contributed by atoms with E-state index in [-0.39, 0.29) is 23.8 Å². The lowest BCUT2D eigenvalue weighted by Crippen LogP contribution is -2.34. The SMILES string of the molecule is CCN(CC)C(=O)COC(=O)c1ccc(CS(C)(=O)=O)cc1. The summed E-state index contributed by atoms with van der Waals surface area (Å²) in [4.78, 5) is 25.1. The predicted molar refractivity (Wildman–Crippen MR) is 83.2 cm³/mol. The summed E-state index contributed by atoms with van der Waals surface area (Å²) in [6.45, 7) is 4.53. The van der Waals surface area contributed by atoms with E-state index in [1.54, 1.807) is 17.0 Å². The number of nitrogens with zero attached hydrogens (tertiary/aromatic N) is 1. The Bertz CT molecular complexity index is 618. The smallest absolute Gasteiger partial charge is 0.338 e. The number of benzene rings is 1. The minimum Gasteiger partial charge on any atom is -0.452 e. The predicted octanol–water partition coefficient (Wildman–Crippen LogP) is 1.26. The molecule has 0 spiro atoms. The van der Waals surface area contributed by atoms with Crippen molar-refractivity contribution in [3.05, 3.63) is 35.4 Å². The third-order valence-corrected chi connectivity index (χ3v) is 3.92. The Morgan fingerprint density at radius 3 is 2.09 bits per heavy atom. The van der Waals surface area contributed by atoms with E-state index in [0.717, 1.165) is 6.26 Å². The van der Waals surface area contributed by atoms with Gasteiger partial charge in [-0.25, -0.2) is 13.2 Å². The van der Waals surface area contributed by atoms with Gasteiger partial charge in [0.05, 0.1) is 11.3 Å². The molecule has 22 heavy (non-hydrogen) atoms. The molecule has 0 aromatic heterocycles. The average Bonchev–Trinajstić information content (AvgIpc) is 2.45. The average molecular weight is 327 g/mol. The van der Waals surface area contributed by atoms with Crippen LogP contribution in [-0.2, 0) is 25.1 Å². The summed E-state index contributed by atoms with van der Waals surface area (Å²) in [7, 11) is -3.11. The molecule has 1 rings (SSSR count). The molecule has 0 unspecified atom stereocenters. The Morgan fingerprint density at radius 2 is 1.64 bits per heavy atom. The quantitative estimate of drug-likeness (QED) is 0.704. The Labute approximate surface area is 131 Å². The molecule has 0 atom stereocenters. The first-order valence-electron chi connectivity index (χ1n) is 6.98. The van der Waals surface area contributed by atoms with Gasteiger partial charge in [-0.3, -0.25) is 4.79 Å². The summed E-state index contributed by atoms with van der Waals surface area (Å²) in [5.41, 5.74) is 0.878. The van der Waals surface area contributed by atoms with Gasteiger partial charge >= 0.3 is 5.97 Å². The zero-order chi connectivity index (χ0) is 16.8. The van der Waals surface area contributed by atoms with Crippen molar-refractivity contribution in [1.82, 2.24) is 4.90 Å². The lowest BCUT2D eigenvalue weighted by molar-refractivity contribution is -0.134. The lowest BCUT2D eigenvalue weighted by Gasteiger charge is -2.18. The minimum atomic E-state index is -3.11. The highest BCUT2D eigenvalue weighted by Crippen LogP contribution is 2.09. The van der Waals surface area contributed by atoms with E-state index < -0.39 is 15.8 Å². The van der Waals surface area contributed by atoms with E-state index >= 15 is 0 Å². The molecule has 1 aromatic carbocycles. The third kappa shape index (κ3) is 5.85. The molecule has 0 aliphatic rings. The maximum atomic E-state index is 11.8. The van der Waals surface area contributed by atoms with E-state index in [1.165, 1.54) is 12.1 Å². The number of rotatable bonds is 7. The Kier molecular flexibility index (Phi) is 6.55. The van der Waals surface area contributed by atoms with Crippen molar-refractivity contribution in [2.45, 2.75) is 19.6 Å². The zero-order valence-electron chi connectivity index (χ0n) is 13.0. The molecular formula is C15H21NO5S. The van der Waals surface area contributed by atoms with E-state index in [1.807, 2.05) is 13.8 Å². The second kappa shape index (κ2) is 7.93. The fraction of sp³-hybridized carbons (Fsp3) is 0.467. The molecule has 0 saturated carbocycles. The molecule has 122 valence electrons. The topological polar surface area (TPSA) is 80.8 Å². The Morgan fingerprint density at radius 1 is 1.09 bits per heavy atom. The van der Waals surface area contributed by atoms with Gasteiger partial charge in [0.2, 0.25) is 0 Å². The van der Waals surface area contributed by atoms with Crippen LogP contribution in [0, 0.1) is 0 Å². The number of likely N-dealkylation sites (N-methyl/N-ethyl adjacent to an activating group) is 1. The van der Waals surface area contributed by atoms with Crippen LogP contribution in [0.3, 0.4) is 0 Å². The van der Waals surface area contributed by atoms with Crippen LogP contribution in [0.4, 0.5) is 0 Å². The summed E-state index contributed by atoms with van der Waals surface area (Å²) in [6.07, 6.45) is 1.15. The highest BCUT2D eigenvalue weighted by Gasteiger charge is 2.14. The van der Waals surface area contributed by atoms with Crippen molar-refractivity contribution in [1.29, 1.82) is 0 Å². The summed E-state index contributed by atoms with van der Waals surface area (Å²) in [5.74, 6) is -0.929. The molecule has 0 aliphatic carbocycles. The molecular weight excluding hydrogens is 306 g/mol. The normalized spacial score (nSPS) is 11.0. The van der Waals surface area contributed by atoms with Crippen LogP contribution in [0.2, 0.25) is 0 Å². The van der Waals surface area contributed by atoms with Crippen LogP contribution in [0.5, 0.6) is 0 Å². The molecule has 0 heterocycles. The fourth-order valence-corrected chi connectivity index (χ4v) is 2.72. The van der Waals surface area contributed by atoms with Crippen LogP contribution in [0.25, 0.3) is 0 Å². The van der Waals surface area contributed by atoms with Gasteiger partial charge in [-0.05, 0) is 31.5 Å². The third-order valence-electron chi connectivity index (χ3n) is 3.06. The summed E-state index contributed by atoms with van der Waals surface area (Å²) >= 11 is 0. The van der Waals surface area contributed by atoms with E-state index in [2.05, 4.69) is 0 Å². The number of ether oxygens (including phenoxy) is 1. The van der Waals surface area contributed by atoms with Gasteiger partial charge in [0.1, 0.15) is 0 Å². The first-order chi connectivity index (χ1) is 10.3. The molecule has 0 aliphatic heterocycles.